The monoisotopic (exact) mass is 368 g/mol. The number of nitro groups is 1. The Balaban J connectivity index is 1.67. The molecule has 0 amide bonds. The number of nitro benzene ring substituents is 1. The zero-order valence-corrected chi connectivity index (χ0v) is 14.0. The van der Waals surface area contributed by atoms with Crippen molar-refractivity contribution in [3.8, 4) is 17.2 Å². The minimum atomic E-state index is -0.652. The van der Waals surface area contributed by atoms with Crippen molar-refractivity contribution in [1.82, 2.24) is 0 Å². The van der Waals surface area contributed by atoms with Crippen LogP contribution in [0.1, 0.15) is 11.1 Å². The Morgan fingerprint density at radius 2 is 2.00 bits per heavy atom. The highest BCUT2D eigenvalue weighted by Crippen LogP contribution is 2.34. The molecule has 0 N–H and O–H groups in total. The number of fused-ring (bicyclic) bond motifs is 1. The van der Waals surface area contributed by atoms with E-state index in [9.17, 15) is 14.9 Å². The summed E-state index contributed by atoms with van der Waals surface area (Å²) in [5, 5.41) is 11.2. The number of hydrogen-bond donors (Lipinski definition) is 0. The van der Waals surface area contributed by atoms with Gasteiger partial charge in [-0.2, -0.15) is 0 Å². The van der Waals surface area contributed by atoms with Gasteiger partial charge < -0.3 is 18.9 Å². The molecule has 0 saturated heterocycles. The fraction of sp³-hybridized carbons (Fsp3) is 0.111. The van der Waals surface area contributed by atoms with Crippen molar-refractivity contribution < 1.29 is 28.7 Å². The topological polar surface area (TPSA) is 109 Å². The van der Waals surface area contributed by atoms with Crippen LogP contribution in [0.2, 0.25) is 0 Å². The second kappa shape index (κ2) is 6.45. The number of ether oxygens (including phenoxy) is 4. The molecule has 0 radical (unpaired) electrons. The highest BCUT2D eigenvalue weighted by molar-refractivity contribution is 6.13. The Morgan fingerprint density at radius 1 is 1.19 bits per heavy atom. The third-order valence-electron chi connectivity index (χ3n) is 3.94. The van der Waals surface area contributed by atoms with Gasteiger partial charge in [0.1, 0.15) is 0 Å². The molecule has 0 aliphatic carbocycles. The zero-order chi connectivity index (χ0) is 19.0. The maximum Gasteiger partial charge on any atom is 0.363 e. The van der Waals surface area contributed by atoms with Crippen LogP contribution in [0.25, 0.3) is 6.08 Å². The van der Waals surface area contributed by atoms with Gasteiger partial charge in [-0.05, 0) is 35.9 Å². The van der Waals surface area contributed by atoms with E-state index in [1.54, 1.807) is 18.2 Å². The third kappa shape index (κ3) is 3.06. The van der Waals surface area contributed by atoms with Gasteiger partial charge in [-0.25, -0.2) is 9.79 Å². The van der Waals surface area contributed by atoms with Crippen molar-refractivity contribution in [3.05, 3.63) is 63.3 Å². The molecule has 2 heterocycles. The molecule has 0 saturated carbocycles. The Kier molecular flexibility index (Phi) is 3.96. The Bertz CT molecular complexity index is 1030. The van der Waals surface area contributed by atoms with Crippen molar-refractivity contribution in [1.29, 1.82) is 0 Å². The van der Waals surface area contributed by atoms with Crippen LogP contribution < -0.4 is 14.2 Å². The zero-order valence-electron chi connectivity index (χ0n) is 14.0. The summed E-state index contributed by atoms with van der Waals surface area (Å²) >= 11 is 0. The quantitative estimate of drug-likeness (QED) is 0.353. The predicted molar refractivity (Wildman–Crippen MR) is 92.8 cm³/mol. The number of hydrogen-bond acceptors (Lipinski definition) is 8. The summed E-state index contributed by atoms with van der Waals surface area (Å²) in [6.07, 6.45) is 1.54. The van der Waals surface area contributed by atoms with Gasteiger partial charge >= 0.3 is 11.7 Å². The Labute approximate surface area is 152 Å². The van der Waals surface area contributed by atoms with Crippen LogP contribution in [0.15, 0.2) is 47.1 Å². The lowest BCUT2D eigenvalue weighted by Gasteiger charge is -2.03. The van der Waals surface area contributed by atoms with Crippen molar-refractivity contribution in [3.63, 3.8) is 0 Å². The molecule has 2 aromatic carbocycles. The number of nitrogens with zero attached hydrogens (tertiary/aromatic N) is 2. The molecular weight excluding hydrogens is 356 g/mol. The second-order valence-corrected chi connectivity index (χ2v) is 5.59. The molecule has 4 rings (SSSR count). The highest BCUT2D eigenvalue weighted by Gasteiger charge is 2.27. The summed E-state index contributed by atoms with van der Waals surface area (Å²) in [6.45, 7) is 0.149. The Morgan fingerprint density at radius 3 is 2.78 bits per heavy atom. The number of benzene rings is 2. The summed E-state index contributed by atoms with van der Waals surface area (Å²) in [5.74, 6) is 0.635. The van der Waals surface area contributed by atoms with Crippen molar-refractivity contribution in [2.75, 3.05) is 13.9 Å². The summed E-state index contributed by atoms with van der Waals surface area (Å²) in [7, 11) is 1.33. The van der Waals surface area contributed by atoms with Crippen molar-refractivity contribution in [2.24, 2.45) is 4.99 Å². The van der Waals surface area contributed by atoms with Crippen LogP contribution in [0, 0.1) is 10.1 Å². The molecule has 2 aliphatic rings. The summed E-state index contributed by atoms with van der Waals surface area (Å²) in [4.78, 5) is 26.8. The number of esters is 1. The molecule has 0 fully saturated rings. The second-order valence-electron chi connectivity index (χ2n) is 5.59. The minimum Gasteiger partial charge on any atom is -0.490 e. The average Bonchev–Trinajstić information content (AvgIpc) is 3.27. The van der Waals surface area contributed by atoms with Gasteiger partial charge in [-0.1, -0.05) is 6.07 Å². The summed E-state index contributed by atoms with van der Waals surface area (Å²) < 4.78 is 20.7. The summed E-state index contributed by atoms with van der Waals surface area (Å²) in [6, 6.07) is 9.39. The normalized spacial score (nSPS) is 16.3. The molecule has 2 aromatic rings. The number of cyclic esters (lactones) is 1. The lowest BCUT2D eigenvalue weighted by molar-refractivity contribution is -0.385. The maximum absolute atomic E-state index is 12.1. The van der Waals surface area contributed by atoms with Crippen LogP contribution in [0.4, 0.5) is 5.69 Å². The number of methoxy groups -OCH3 is 1. The molecule has 0 spiro atoms. The van der Waals surface area contributed by atoms with Gasteiger partial charge in [-0.3, -0.25) is 10.1 Å². The number of rotatable bonds is 4. The highest BCUT2D eigenvalue weighted by atomic mass is 16.7. The number of carbonyl (C=O) groups excluding carboxylic acids is 1. The van der Waals surface area contributed by atoms with Gasteiger partial charge in [0.15, 0.2) is 22.9 Å². The first kappa shape index (κ1) is 16.6. The van der Waals surface area contributed by atoms with E-state index >= 15 is 0 Å². The van der Waals surface area contributed by atoms with Crippen LogP contribution in [0.3, 0.4) is 0 Å². The van der Waals surface area contributed by atoms with Crippen LogP contribution in [0.5, 0.6) is 17.2 Å². The standard InChI is InChI=1S/C18H12N2O7/c1-24-14-5-3-11(8-13(14)20(22)23)17-19-12(18(21)27-17)6-10-2-4-15-16(7-10)26-9-25-15/h2-8H,9H2,1H3. The first-order chi connectivity index (χ1) is 13.0. The van der Waals surface area contributed by atoms with Crippen LogP contribution >= 0.6 is 0 Å². The van der Waals surface area contributed by atoms with E-state index in [0.29, 0.717) is 22.6 Å². The van der Waals surface area contributed by atoms with Crippen molar-refractivity contribution >= 4 is 23.6 Å². The van der Waals surface area contributed by atoms with E-state index in [0.717, 1.165) is 0 Å². The first-order valence-corrected chi connectivity index (χ1v) is 7.80. The van der Waals surface area contributed by atoms with E-state index in [1.165, 1.54) is 31.4 Å². The molecule has 136 valence electrons. The smallest absolute Gasteiger partial charge is 0.363 e. The van der Waals surface area contributed by atoms with Crippen molar-refractivity contribution in [2.45, 2.75) is 0 Å². The number of carbonyl (C=O) groups is 1. The summed E-state index contributed by atoms with van der Waals surface area (Å²) in [5.41, 5.74) is 0.797. The lowest BCUT2D eigenvalue weighted by Crippen LogP contribution is -2.06. The molecule has 27 heavy (non-hydrogen) atoms. The fourth-order valence-corrected chi connectivity index (χ4v) is 2.66. The van der Waals surface area contributed by atoms with Gasteiger partial charge in [0.2, 0.25) is 12.7 Å². The van der Waals surface area contributed by atoms with E-state index in [1.807, 2.05) is 0 Å². The fourth-order valence-electron chi connectivity index (χ4n) is 2.66. The molecule has 0 atom stereocenters. The third-order valence-corrected chi connectivity index (χ3v) is 3.94. The predicted octanol–water partition coefficient (Wildman–Crippen LogP) is 2.68. The molecule has 0 aromatic heterocycles. The molecule has 0 bridgehead atoms. The SMILES string of the molecule is COc1ccc(C2=NC(=Cc3ccc4c(c3)OCO4)C(=O)O2)cc1[N+](=O)[O-]. The van der Waals surface area contributed by atoms with E-state index in [4.69, 9.17) is 18.9 Å². The maximum atomic E-state index is 12.1. The average molecular weight is 368 g/mol. The van der Waals surface area contributed by atoms with E-state index in [2.05, 4.69) is 4.99 Å². The molecule has 0 unspecified atom stereocenters. The largest absolute Gasteiger partial charge is 0.490 e. The van der Waals surface area contributed by atoms with E-state index in [-0.39, 0.29) is 29.8 Å². The van der Waals surface area contributed by atoms with Crippen LogP contribution in [-0.2, 0) is 9.53 Å². The molecule has 2 aliphatic heterocycles. The van der Waals surface area contributed by atoms with Gasteiger partial charge in [0.25, 0.3) is 0 Å². The first-order valence-electron chi connectivity index (χ1n) is 7.80. The minimum absolute atomic E-state index is 0.0160. The van der Waals surface area contributed by atoms with Gasteiger partial charge in [0, 0.05) is 11.6 Å². The molecular formula is C18H12N2O7. The van der Waals surface area contributed by atoms with Crippen LogP contribution in [-0.4, -0.2) is 30.7 Å². The molecule has 9 heteroatoms. The van der Waals surface area contributed by atoms with Gasteiger partial charge in [0.05, 0.1) is 12.0 Å². The van der Waals surface area contributed by atoms with E-state index < -0.39 is 10.9 Å². The number of aliphatic imine (C=N–C) groups is 1. The van der Waals surface area contributed by atoms with Gasteiger partial charge in [-0.15, -0.1) is 0 Å². The molecule has 9 nitrogen and oxygen atoms in total. The Hall–Kier alpha value is -3.88. The lowest BCUT2D eigenvalue weighted by atomic mass is 10.1.